The Kier molecular flexibility index (Phi) is 10.7. The van der Waals surface area contributed by atoms with Gasteiger partial charge in [0.2, 0.25) is 0 Å². The van der Waals surface area contributed by atoms with Gasteiger partial charge in [-0.25, -0.2) is 4.39 Å². The minimum Gasteiger partial charge on any atom is -0.489 e. The molecule has 0 amide bonds. The largest absolute Gasteiger partial charge is 0.489 e. The first kappa shape index (κ1) is 23.2. The number of halogens is 2. The van der Waals surface area contributed by atoms with Crippen LogP contribution in [0.25, 0.3) is 0 Å². The van der Waals surface area contributed by atoms with Gasteiger partial charge in [0.05, 0.1) is 13.2 Å². The monoisotopic (exact) mass is 487 g/mol. The second-order valence-electron chi connectivity index (χ2n) is 5.94. The van der Waals surface area contributed by atoms with E-state index in [9.17, 15) is 4.39 Å². The number of methoxy groups -OCH3 is 1. The van der Waals surface area contributed by atoms with Crippen molar-refractivity contribution in [1.29, 1.82) is 0 Å². The molecule has 0 bridgehead atoms. The van der Waals surface area contributed by atoms with Crippen molar-refractivity contribution < 1.29 is 13.9 Å². The van der Waals surface area contributed by atoms with Gasteiger partial charge in [0, 0.05) is 20.7 Å². The molecule has 2 aromatic rings. The second-order valence-corrected chi connectivity index (χ2v) is 5.94. The van der Waals surface area contributed by atoms with Gasteiger partial charge in [-0.05, 0) is 42.3 Å². The number of hydrogen-bond donors (Lipinski definition) is 2. The fraction of sp³-hybridized carbons (Fsp3) is 0.350. The summed E-state index contributed by atoms with van der Waals surface area (Å²) in [5.41, 5.74) is 2.29. The van der Waals surface area contributed by atoms with E-state index in [1.54, 1.807) is 26.3 Å². The molecule has 0 saturated carbocycles. The Bertz CT molecular complexity index is 711. The SMILES string of the molecule is CN=C(NCc1cccc(COC)c1)NCC(C)Oc1ccc(F)cc1.I. The fourth-order valence-electron chi connectivity index (χ4n) is 2.43. The van der Waals surface area contributed by atoms with Crippen molar-refractivity contribution in [3.63, 3.8) is 0 Å². The van der Waals surface area contributed by atoms with Gasteiger partial charge in [0.15, 0.2) is 5.96 Å². The van der Waals surface area contributed by atoms with Crippen molar-refractivity contribution in [1.82, 2.24) is 10.6 Å². The summed E-state index contributed by atoms with van der Waals surface area (Å²) in [6.07, 6.45) is -0.0935. The highest BCUT2D eigenvalue weighted by Crippen LogP contribution is 2.12. The molecule has 1 atom stereocenters. The Balaban J connectivity index is 0.00000364. The molecule has 2 rings (SSSR count). The number of ether oxygens (including phenoxy) is 2. The number of aliphatic imine (C=N–C) groups is 1. The van der Waals surface area contributed by atoms with E-state index in [1.807, 2.05) is 19.1 Å². The Morgan fingerprint density at radius 1 is 1.11 bits per heavy atom. The van der Waals surface area contributed by atoms with Crippen molar-refractivity contribution >= 4 is 29.9 Å². The third-order valence-electron chi connectivity index (χ3n) is 3.69. The molecule has 0 aliphatic rings. The predicted molar refractivity (Wildman–Crippen MR) is 117 cm³/mol. The molecule has 0 aliphatic heterocycles. The van der Waals surface area contributed by atoms with Gasteiger partial charge in [0.1, 0.15) is 17.7 Å². The lowest BCUT2D eigenvalue weighted by Gasteiger charge is -2.18. The van der Waals surface area contributed by atoms with Crippen molar-refractivity contribution in [2.24, 2.45) is 4.99 Å². The average Bonchev–Trinajstić information content (AvgIpc) is 2.64. The van der Waals surface area contributed by atoms with E-state index < -0.39 is 0 Å². The molecule has 0 aromatic heterocycles. The van der Waals surface area contributed by atoms with Gasteiger partial charge in [-0.3, -0.25) is 4.99 Å². The summed E-state index contributed by atoms with van der Waals surface area (Å²) >= 11 is 0. The lowest BCUT2D eigenvalue weighted by atomic mass is 10.1. The average molecular weight is 487 g/mol. The van der Waals surface area contributed by atoms with Gasteiger partial charge in [0.25, 0.3) is 0 Å². The molecule has 5 nitrogen and oxygen atoms in total. The van der Waals surface area contributed by atoms with Gasteiger partial charge >= 0.3 is 0 Å². The molecule has 0 fully saturated rings. The van der Waals surface area contributed by atoms with Crippen LogP contribution in [0, 0.1) is 5.82 Å². The number of nitrogens with zero attached hydrogens (tertiary/aromatic N) is 1. The van der Waals surface area contributed by atoms with E-state index >= 15 is 0 Å². The molecular formula is C20H27FIN3O2. The molecular weight excluding hydrogens is 460 g/mol. The minimum atomic E-state index is -0.276. The molecule has 2 N–H and O–H groups in total. The van der Waals surface area contributed by atoms with Crippen LogP contribution in [0.4, 0.5) is 4.39 Å². The minimum absolute atomic E-state index is 0. The molecule has 1 unspecified atom stereocenters. The Morgan fingerprint density at radius 3 is 2.48 bits per heavy atom. The normalized spacial score (nSPS) is 12.1. The van der Waals surface area contributed by atoms with Crippen molar-refractivity contribution in [2.45, 2.75) is 26.2 Å². The first-order valence-corrected chi connectivity index (χ1v) is 8.54. The molecule has 148 valence electrons. The molecule has 7 heteroatoms. The third-order valence-corrected chi connectivity index (χ3v) is 3.69. The van der Waals surface area contributed by atoms with E-state index in [1.165, 1.54) is 12.1 Å². The Morgan fingerprint density at radius 2 is 1.81 bits per heavy atom. The Labute approximate surface area is 177 Å². The van der Waals surface area contributed by atoms with Crippen LogP contribution < -0.4 is 15.4 Å². The maximum Gasteiger partial charge on any atom is 0.191 e. The summed E-state index contributed by atoms with van der Waals surface area (Å²) in [7, 11) is 3.41. The van der Waals surface area contributed by atoms with Crippen molar-refractivity contribution in [2.75, 3.05) is 20.7 Å². The molecule has 2 aromatic carbocycles. The number of rotatable bonds is 8. The molecule has 0 heterocycles. The zero-order valence-electron chi connectivity index (χ0n) is 15.9. The number of hydrogen-bond acceptors (Lipinski definition) is 3. The van der Waals surface area contributed by atoms with Crippen LogP contribution in [0.3, 0.4) is 0 Å². The number of nitrogens with one attached hydrogen (secondary N) is 2. The first-order valence-electron chi connectivity index (χ1n) is 8.54. The molecule has 0 saturated heterocycles. The summed E-state index contributed by atoms with van der Waals surface area (Å²) in [6, 6.07) is 14.2. The van der Waals surface area contributed by atoms with Crippen LogP contribution in [-0.2, 0) is 17.9 Å². The highest BCUT2D eigenvalue weighted by Gasteiger charge is 2.06. The summed E-state index contributed by atoms with van der Waals surface area (Å²) in [5.74, 6) is 1.05. The third kappa shape index (κ3) is 8.57. The molecule has 0 radical (unpaired) electrons. The van der Waals surface area contributed by atoms with Crippen LogP contribution in [0.2, 0.25) is 0 Å². The smallest absolute Gasteiger partial charge is 0.191 e. The van der Waals surface area contributed by atoms with Gasteiger partial charge < -0.3 is 20.1 Å². The quantitative estimate of drug-likeness (QED) is 0.339. The fourth-order valence-corrected chi connectivity index (χ4v) is 2.43. The van der Waals surface area contributed by atoms with E-state index in [-0.39, 0.29) is 35.9 Å². The van der Waals surface area contributed by atoms with Crippen LogP contribution in [0.5, 0.6) is 5.75 Å². The summed E-state index contributed by atoms with van der Waals surface area (Å²) in [5, 5.41) is 6.50. The van der Waals surface area contributed by atoms with E-state index in [2.05, 4.69) is 27.8 Å². The molecule has 27 heavy (non-hydrogen) atoms. The molecule has 0 aliphatic carbocycles. The zero-order valence-corrected chi connectivity index (χ0v) is 18.2. The van der Waals surface area contributed by atoms with Crippen LogP contribution >= 0.6 is 24.0 Å². The summed E-state index contributed by atoms with van der Waals surface area (Å²) in [4.78, 5) is 4.22. The van der Waals surface area contributed by atoms with E-state index in [0.29, 0.717) is 31.4 Å². The van der Waals surface area contributed by atoms with Crippen LogP contribution in [0.1, 0.15) is 18.1 Å². The number of guanidine groups is 1. The van der Waals surface area contributed by atoms with Gasteiger partial charge in [-0.15, -0.1) is 24.0 Å². The maximum atomic E-state index is 12.9. The summed E-state index contributed by atoms with van der Waals surface area (Å²) < 4.78 is 23.8. The van der Waals surface area contributed by atoms with Gasteiger partial charge in [-0.2, -0.15) is 0 Å². The summed E-state index contributed by atoms with van der Waals surface area (Å²) in [6.45, 7) is 3.77. The molecule has 0 spiro atoms. The van der Waals surface area contributed by atoms with E-state index in [0.717, 1.165) is 11.1 Å². The predicted octanol–water partition coefficient (Wildman–Crippen LogP) is 3.72. The lowest BCUT2D eigenvalue weighted by Crippen LogP contribution is -2.41. The highest BCUT2D eigenvalue weighted by atomic mass is 127. The van der Waals surface area contributed by atoms with Crippen molar-refractivity contribution in [3.8, 4) is 5.75 Å². The van der Waals surface area contributed by atoms with Gasteiger partial charge in [-0.1, -0.05) is 24.3 Å². The first-order chi connectivity index (χ1) is 12.6. The number of benzene rings is 2. The topological polar surface area (TPSA) is 54.9 Å². The van der Waals surface area contributed by atoms with Crippen LogP contribution in [0.15, 0.2) is 53.5 Å². The van der Waals surface area contributed by atoms with E-state index in [4.69, 9.17) is 9.47 Å². The zero-order chi connectivity index (χ0) is 18.8. The standard InChI is InChI=1S/C20H26FN3O2.HI/c1-15(26-19-9-7-18(21)8-10-19)12-23-20(22-2)24-13-16-5-4-6-17(11-16)14-25-3;/h4-11,15H,12-14H2,1-3H3,(H2,22,23,24);1H. The highest BCUT2D eigenvalue weighted by molar-refractivity contribution is 14.0. The lowest BCUT2D eigenvalue weighted by molar-refractivity contribution is 0.185. The van der Waals surface area contributed by atoms with Crippen molar-refractivity contribution in [3.05, 3.63) is 65.5 Å². The second kappa shape index (κ2) is 12.5. The Hall–Kier alpha value is -1.87. The maximum absolute atomic E-state index is 12.9. The van der Waals surface area contributed by atoms with Crippen LogP contribution in [-0.4, -0.2) is 32.8 Å².